The highest BCUT2D eigenvalue weighted by molar-refractivity contribution is 5.83. The number of Topliss-reactive ketones (excluding diaryl/α,β-unsaturated/α-hetero) is 1. The lowest BCUT2D eigenvalue weighted by molar-refractivity contribution is -0.151. The third kappa shape index (κ3) is 3.57. The van der Waals surface area contributed by atoms with Crippen LogP contribution in [0.15, 0.2) is 18.2 Å². The van der Waals surface area contributed by atoms with Gasteiger partial charge in [0.25, 0.3) is 0 Å². The van der Waals surface area contributed by atoms with Crippen LogP contribution in [-0.2, 0) is 11.3 Å². The summed E-state index contributed by atoms with van der Waals surface area (Å²) in [4.78, 5) is 15.3. The molecule has 190 valence electrons. The number of aromatic nitrogens is 3. The smallest absolute Gasteiger partial charge is 0.159 e. The Morgan fingerprint density at radius 3 is 2.63 bits per heavy atom. The van der Waals surface area contributed by atoms with Gasteiger partial charge in [0.1, 0.15) is 17.8 Å². The van der Waals surface area contributed by atoms with Gasteiger partial charge < -0.3 is 9.84 Å². The van der Waals surface area contributed by atoms with Crippen LogP contribution in [0.2, 0.25) is 0 Å². The number of nitrogens with zero attached hydrogens (tertiary/aromatic N) is 3. The number of benzene rings is 1. The van der Waals surface area contributed by atoms with Gasteiger partial charge in [-0.25, -0.2) is 0 Å². The van der Waals surface area contributed by atoms with Crippen LogP contribution in [0.25, 0.3) is 11.0 Å². The summed E-state index contributed by atoms with van der Waals surface area (Å²) in [5, 5.41) is 19.9. The van der Waals surface area contributed by atoms with Crippen molar-refractivity contribution in [2.75, 3.05) is 7.11 Å². The van der Waals surface area contributed by atoms with Crippen molar-refractivity contribution in [3.05, 3.63) is 18.2 Å². The third-order valence-electron chi connectivity index (χ3n) is 11.3. The summed E-state index contributed by atoms with van der Waals surface area (Å²) in [5.74, 6) is 3.84. The zero-order chi connectivity index (χ0) is 24.6. The number of ketones is 1. The monoisotopic (exact) mass is 479 g/mol. The van der Waals surface area contributed by atoms with Crippen LogP contribution < -0.4 is 4.74 Å². The lowest BCUT2D eigenvalue weighted by atomic mass is 9.44. The fraction of sp³-hybridized carbons (Fsp3) is 0.759. The van der Waals surface area contributed by atoms with Crippen molar-refractivity contribution in [3.63, 3.8) is 0 Å². The minimum Gasteiger partial charge on any atom is -0.494 e. The molecule has 0 aliphatic heterocycles. The molecule has 6 heteroatoms. The average molecular weight is 480 g/mol. The average Bonchev–Trinajstić information content (AvgIpc) is 3.39. The van der Waals surface area contributed by atoms with E-state index in [1.54, 1.807) is 11.9 Å². The van der Waals surface area contributed by atoms with Crippen LogP contribution in [0.4, 0.5) is 0 Å². The molecule has 0 amide bonds. The molecular formula is C29H41N3O3. The number of hydrogen-bond acceptors (Lipinski definition) is 5. The van der Waals surface area contributed by atoms with Crippen LogP contribution in [0.5, 0.6) is 5.75 Å². The second kappa shape index (κ2) is 8.03. The fourth-order valence-corrected chi connectivity index (χ4v) is 9.40. The van der Waals surface area contributed by atoms with Crippen molar-refractivity contribution in [1.82, 2.24) is 15.0 Å². The molecule has 1 aromatic carbocycles. The first-order chi connectivity index (χ1) is 16.6. The van der Waals surface area contributed by atoms with Gasteiger partial charge in [0.2, 0.25) is 0 Å². The predicted octanol–water partition coefficient (Wildman–Crippen LogP) is 5.42. The third-order valence-corrected chi connectivity index (χ3v) is 11.3. The van der Waals surface area contributed by atoms with Gasteiger partial charge in [0.15, 0.2) is 11.3 Å². The number of aliphatic hydroxyl groups is 1. The summed E-state index contributed by atoms with van der Waals surface area (Å²) in [6.07, 6.45) is 10.1. The summed E-state index contributed by atoms with van der Waals surface area (Å²) in [7, 11) is 1.64. The molecule has 8 atom stereocenters. The van der Waals surface area contributed by atoms with E-state index in [1.807, 2.05) is 25.1 Å². The number of rotatable bonds is 4. The van der Waals surface area contributed by atoms with Crippen LogP contribution in [0.1, 0.15) is 78.6 Å². The second-order valence-corrected chi connectivity index (χ2v) is 13.1. The lowest BCUT2D eigenvalue weighted by Crippen LogP contribution is -2.55. The van der Waals surface area contributed by atoms with Gasteiger partial charge in [-0.15, -0.1) is 5.10 Å². The fourth-order valence-electron chi connectivity index (χ4n) is 9.40. The highest BCUT2D eigenvalue weighted by Gasteiger charge is 2.61. The van der Waals surface area contributed by atoms with Crippen molar-refractivity contribution >= 4 is 16.8 Å². The predicted molar refractivity (Wildman–Crippen MR) is 135 cm³/mol. The van der Waals surface area contributed by atoms with E-state index < -0.39 is 5.60 Å². The summed E-state index contributed by atoms with van der Waals surface area (Å²) in [5.41, 5.74) is 1.44. The minimum atomic E-state index is -0.486. The quantitative estimate of drug-likeness (QED) is 0.634. The lowest BCUT2D eigenvalue weighted by Gasteiger charge is -2.61. The number of carbonyl (C=O) groups is 1. The van der Waals surface area contributed by atoms with Crippen molar-refractivity contribution < 1.29 is 14.6 Å². The highest BCUT2D eigenvalue weighted by Crippen LogP contribution is 2.68. The Bertz CT molecular complexity index is 1140. The molecule has 4 saturated carbocycles. The first kappa shape index (κ1) is 23.4. The van der Waals surface area contributed by atoms with Gasteiger partial charge in [-0.05, 0) is 111 Å². The topological polar surface area (TPSA) is 77.2 Å². The molecule has 4 aliphatic carbocycles. The first-order valence-electron chi connectivity index (χ1n) is 13.8. The van der Waals surface area contributed by atoms with Gasteiger partial charge in [-0.3, -0.25) is 4.79 Å². The molecule has 1 aromatic heterocycles. The van der Waals surface area contributed by atoms with E-state index in [-0.39, 0.29) is 17.9 Å². The van der Waals surface area contributed by atoms with E-state index in [0.717, 1.165) is 55.0 Å². The van der Waals surface area contributed by atoms with E-state index in [1.165, 1.54) is 25.7 Å². The molecule has 1 heterocycles. The Hall–Kier alpha value is -1.95. The maximum atomic E-state index is 13.7. The van der Waals surface area contributed by atoms with Gasteiger partial charge in [0, 0.05) is 5.92 Å². The Morgan fingerprint density at radius 1 is 1.03 bits per heavy atom. The van der Waals surface area contributed by atoms with Crippen LogP contribution in [-0.4, -0.2) is 38.6 Å². The van der Waals surface area contributed by atoms with Crippen LogP contribution in [0.3, 0.4) is 0 Å². The highest BCUT2D eigenvalue weighted by atomic mass is 16.5. The summed E-state index contributed by atoms with van der Waals surface area (Å²) >= 11 is 0. The first-order valence-corrected chi connectivity index (χ1v) is 13.8. The van der Waals surface area contributed by atoms with Gasteiger partial charge >= 0.3 is 0 Å². The Kier molecular flexibility index (Phi) is 5.38. The van der Waals surface area contributed by atoms with E-state index in [0.29, 0.717) is 28.8 Å². The van der Waals surface area contributed by atoms with E-state index in [4.69, 9.17) is 4.74 Å². The van der Waals surface area contributed by atoms with E-state index in [9.17, 15) is 9.90 Å². The second-order valence-electron chi connectivity index (χ2n) is 13.1. The normalized spacial score (nSPS) is 42.8. The zero-order valence-electron chi connectivity index (χ0n) is 21.8. The molecule has 4 fully saturated rings. The summed E-state index contributed by atoms with van der Waals surface area (Å²) in [6, 6.07) is 5.71. The van der Waals surface area contributed by atoms with Crippen molar-refractivity contribution in [1.29, 1.82) is 0 Å². The Labute approximate surface area is 208 Å². The standard InChI is InChI=1S/C29H41N3O3/c1-27(34)14-15-28(2)18(16-27)8-9-19-20-10-11-22(29(20,3)13-12-21(19)28)24(33)17-32-30-23-6-5-7-25(35-4)26(23)31-32/h5-7,18-22,34H,8-17H2,1-4H3/t18-,19+,20+,21+,22-,27-,28+,29?/m1/s1. The zero-order valence-corrected chi connectivity index (χ0v) is 21.8. The maximum absolute atomic E-state index is 13.7. The molecule has 0 bridgehead atoms. The molecule has 6 rings (SSSR count). The van der Waals surface area contributed by atoms with Crippen molar-refractivity contribution in [2.45, 2.75) is 90.7 Å². The van der Waals surface area contributed by atoms with Crippen molar-refractivity contribution in [3.8, 4) is 5.75 Å². The van der Waals surface area contributed by atoms with Gasteiger partial charge in [-0.1, -0.05) is 19.9 Å². The van der Waals surface area contributed by atoms with Gasteiger partial charge in [-0.2, -0.15) is 9.90 Å². The molecule has 4 aliphatic rings. The Morgan fingerprint density at radius 2 is 1.83 bits per heavy atom. The molecule has 2 aromatic rings. The molecule has 1 N–H and O–H groups in total. The summed E-state index contributed by atoms with van der Waals surface area (Å²) in [6.45, 7) is 7.23. The van der Waals surface area contributed by atoms with Crippen molar-refractivity contribution in [2.24, 2.45) is 40.4 Å². The van der Waals surface area contributed by atoms with Crippen LogP contribution >= 0.6 is 0 Å². The number of carbonyl (C=O) groups excluding carboxylic acids is 1. The molecule has 0 radical (unpaired) electrons. The number of fused-ring (bicyclic) bond motifs is 6. The number of hydrogen-bond donors (Lipinski definition) is 1. The molecule has 35 heavy (non-hydrogen) atoms. The van der Waals surface area contributed by atoms with Crippen LogP contribution in [0, 0.1) is 40.4 Å². The SMILES string of the molecule is COc1cccc2nn(CC(=O)[C@H]3CC[C@H]4[C@@H]5CC[C@@H]6C[C@](C)(O)CC[C@]6(C)[C@H]5CCC34C)nc12. The number of ether oxygens (including phenoxy) is 1. The van der Waals surface area contributed by atoms with Gasteiger partial charge in [0.05, 0.1) is 12.7 Å². The molecule has 1 unspecified atom stereocenters. The molecule has 6 nitrogen and oxygen atoms in total. The summed E-state index contributed by atoms with van der Waals surface area (Å²) < 4.78 is 5.43. The maximum Gasteiger partial charge on any atom is 0.159 e. The molecule has 0 spiro atoms. The number of methoxy groups -OCH3 is 1. The molecular weight excluding hydrogens is 438 g/mol. The van der Waals surface area contributed by atoms with E-state index >= 15 is 0 Å². The molecule has 0 saturated heterocycles. The van der Waals surface area contributed by atoms with E-state index in [2.05, 4.69) is 24.0 Å². The Balaban J connectivity index is 1.20. The largest absolute Gasteiger partial charge is 0.494 e. The minimum absolute atomic E-state index is 0.0892.